The van der Waals surface area contributed by atoms with Gasteiger partial charge in [-0.05, 0) is 75.7 Å². The average Bonchev–Trinajstić information content (AvgIpc) is 3.75. The number of piperazine rings is 1. The van der Waals surface area contributed by atoms with E-state index in [1.165, 1.54) is 42.2 Å². The number of ether oxygens (including phenoxy) is 1. The first-order chi connectivity index (χ1) is 19.1. The van der Waals surface area contributed by atoms with Crippen LogP contribution in [0.25, 0.3) is 0 Å². The second kappa shape index (κ2) is 11.1. The predicted octanol–water partition coefficient (Wildman–Crippen LogP) is 3.40. The Bertz CT molecular complexity index is 1220. The molecule has 2 aromatic heterocycles. The molecule has 0 N–H and O–H groups in total. The lowest BCUT2D eigenvalue weighted by atomic mass is 10.0. The van der Waals surface area contributed by atoms with Crippen LogP contribution >= 0.6 is 0 Å². The van der Waals surface area contributed by atoms with E-state index >= 15 is 0 Å². The minimum absolute atomic E-state index is 0.00880. The van der Waals surface area contributed by atoms with Crippen molar-refractivity contribution in [3.8, 4) is 6.01 Å². The zero-order chi connectivity index (χ0) is 26.9. The molecule has 9 nitrogen and oxygen atoms in total. The molecule has 1 saturated carbocycles. The van der Waals surface area contributed by atoms with Gasteiger partial charge in [-0.2, -0.15) is 9.97 Å². The molecule has 39 heavy (non-hydrogen) atoms. The molecule has 4 aliphatic rings. The van der Waals surface area contributed by atoms with Gasteiger partial charge in [0.2, 0.25) is 5.91 Å². The molecular weight excluding hydrogens is 490 g/mol. The lowest BCUT2D eigenvalue weighted by molar-refractivity contribution is -0.128. The second-order valence-electron chi connectivity index (χ2n) is 11.5. The lowest BCUT2D eigenvalue weighted by Gasteiger charge is -2.42. The molecule has 0 spiro atoms. The first-order valence-corrected chi connectivity index (χ1v) is 14.6. The van der Waals surface area contributed by atoms with E-state index in [0.29, 0.717) is 31.1 Å². The fraction of sp³-hybridized carbons (Fsp3) is 0.600. The Morgan fingerprint density at radius 3 is 2.74 bits per heavy atom. The molecule has 0 bridgehead atoms. The maximum atomic E-state index is 12.5. The van der Waals surface area contributed by atoms with Crippen LogP contribution in [-0.2, 0) is 17.8 Å². The summed E-state index contributed by atoms with van der Waals surface area (Å²) >= 11 is 0. The van der Waals surface area contributed by atoms with Crippen LogP contribution in [0.3, 0.4) is 0 Å². The van der Waals surface area contributed by atoms with Crippen LogP contribution in [0.2, 0.25) is 0 Å². The number of anilines is 2. The van der Waals surface area contributed by atoms with Crippen molar-refractivity contribution < 1.29 is 9.53 Å². The first-order valence-electron chi connectivity index (χ1n) is 14.6. The number of fused-ring (bicyclic) bond motifs is 1. The summed E-state index contributed by atoms with van der Waals surface area (Å²) in [5.74, 6) is 1.65. The molecule has 2 atom stereocenters. The SMILES string of the molecule is C=CC(=O)N1CCN(c2nc(OC[C@@H]3CCCN3C)nc3c2CCN(c2cnccc2C2CC2)C3)C[C@@H]1CC. The molecule has 1 amide bonds. The van der Waals surface area contributed by atoms with E-state index in [1.54, 1.807) is 0 Å². The van der Waals surface area contributed by atoms with Crippen LogP contribution in [0.1, 0.15) is 61.8 Å². The van der Waals surface area contributed by atoms with Crippen molar-refractivity contribution in [2.75, 3.05) is 56.2 Å². The maximum absolute atomic E-state index is 12.5. The number of nitrogens with zero attached hydrogens (tertiary/aromatic N) is 7. The maximum Gasteiger partial charge on any atom is 0.318 e. The Morgan fingerprint density at radius 1 is 1.13 bits per heavy atom. The first kappa shape index (κ1) is 26.0. The molecule has 3 aliphatic heterocycles. The largest absolute Gasteiger partial charge is 0.462 e. The molecule has 2 aromatic rings. The topological polar surface area (TPSA) is 77.9 Å². The number of pyridine rings is 1. The van der Waals surface area contributed by atoms with Gasteiger partial charge < -0.3 is 24.3 Å². The third-order valence-corrected chi connectivity index (χ3v) is 9.00. The van der Waals surface area contributed by atoms with Gasteiger partial charge in [0.1, 0.15) is 12.4 Å². The van der Waals surface area contributed by atoms with Crippen molar-refractivity contribution in [1.29, 1.82) is 0 Å². The van der Waals surface area contributed by atoms with E-state index in [1.807, 2.05) is 17.3 Å². The van der Waals surface area contributed by atoms with Crippen molar-refractivity contribution in [1.82, 2.24) is 24.8 Å². The molecule has 208 valence electrons. The summed E-state index contributed by atoms with van der Waals surface area (Å²) in [6.45, 7) is 11.4. The van der Waals surface area contributed by atoms with Crippen molar-refractivity contribution in [3.63, 3.8) is 0 Å². The van der Waals surface area contributed by atoms with Gasteiger partial charge >= 0.3 is 6.01 Å². The van der Waals surface area contributed by atoms with Crippen LogP contribution in [0.15, 0.2) is 31.1 Å². The zero-order valence-electron chi connectivity index (χ0n) is 23.4. The van der Waals surface area contributed by atoms with Crippen molar-refractivity contribution in [2.45, 2.75) is 70.0 Å². The summed E-state index contributed by atoms with van der Waals surface area (Å²) in [4.78, 5) is 36.1. The molecule has 1 aliphatic carbocycles. The fourth-order valence-corrected chi connectivity index (χ4v) is 6.49. The van der Waals surface area contributed by atoms with Crippen LogP contribution in [0, 0.1) is 0 Å². The van der Waals surface area contributed by atoms with Crippen molar-refractivity contribution in [2.24, 2.45) is 0 Å². The molecule has 9 heteroatoms. The molecule has 0 unspecified atom stereocenters. The zero-order valence-corrected chi connectivity index (χ0v) is 23.4. The van der Waals surface area contributed by atoms with Gasteiger partial charge in [0, 0.05) is 50.0 Å². The minimum Gasteiger partial charge on any atom is -0.462 e. The highest BCUT2D eigenvalue weighted by molar-refractivity contribution is 5.87. The number of hydrogen-bond acceptors (Lipinski definition) is 8. The van der Waals surface area contributed by atoms with E-state index in [4.69, 9.17) is 14.7 Å². The summed E-state index contributed by atoms with van der Waals surface area (Å²) in [6, 6.07) is 3.19. The van der Waals surface area contributed by atoms with Crippen molar-refractivity contribution >= 4 is 17.4 Å². The summed E-state index contributed by atoms with van der Waals surface area (Å²) < 4.78 is 6.30. The Kier molecular flexibility index (Phi) is 7.42. The highest BCUT2D eigenvalue weighted by Crippen LogP contribution is 2.45. The molecular formula is C30H41N7O2. The van der Waals surface area contributed by atoms with Gasteiger partial charge in [-0.1, -0.05) is 13.5 Å². The van der Waals surface area contributed by atoms with E-state index in [9.17, 15) is 4.79 Å². The Labute approximate surface area is 231 Å². The molecule has 2 saturated heterocycles. The number of carbonyl (C=O) groups excluding carboxylic acids is 1. The van der Waals surface area contributed by atoms with Gasteiger partial charge in [0.25, 0.3) is 0 Å². The fourth-order valence-electron chi connectivity index (χ4n) is 6.49. The van der Waals surface area contributed by atoms with Gasteiger partial charge in [0.15, 0.2) is 0 Å². The van der Waals surface area contributed by atoms with Gasteiger partial charge in [-0.25, -0.2) is 0 Å². The van der Waals surface area contributed by atoms with E-state index < -0.39 is 0 Å². The number of likely N-dealkylation sites (N-methyl/N-ethyl adjacent to an activating group) is 1. The van der Waals surface area contributed by atoms with Crippen molar-refractivity contribution in [3.05, 3.63) is 47.9 Å². The smallest absolute Gasteiger partial charge is 0.318 e. The third kappa shape index (κ3) is 5.33. The number of carbonyl (C=O) groups is 1. The minimum atomic E-state index is 0.00880. The summed E-state index contributed by atoms with van der Waals surface area (Å²) in [5, 5.41) is 0. The van der Waals surface area contributed by atoms with Crippen LogP contribution in [0.4, 0.5) is 11.5 Å². The summed E-state index contributed by atoms with van der Waals surface area (Å²) in [5.41, 5.74) is 4.91. The monoisotopic (exact) mass is 531 g/mol. The number of amides is 1. The van der Waals surface area contributed by atoms with Gasteiger partial charge in [-0.15, -0.1) is 0 Å². The molecule has 0 radical (unpaired) electrons. The molecule has 6 rings (SSSR count). The Hall–Kier alpha value is -3.20. The molecule has 5 heterocycles. The lowest BCUT2D eigenvalue weighted by Crippen LogP contribution is -2.55. The average molecular weight is 532 g/mol. The summed E-state index contributed by atoms with van der Waals surface area (Å²) in [7, 11) is 2.16. The molecule has 0 aromatic carbocycles. The third-order valence-electron chi connectivity index (χ3n) is 9.00. The van der Waals surface area contributed by atoms with Crippen LogP contribution < -0.4 is 14.5 Å². The highest BCUT2D eigenvalue weighted by atomic mass is 16.5. The number of likely N-dealkylation sites (tertiary alicyclic amines) is 1. The predicted molar refractivity (Wildman–Crippen MR) is 152 cm³/mol. The molecule has 3 fully saturated rings. The second-order valence-corrected chi connectivity index (χ2v) is 11.5. The number of rotatable bonds is 8. The standard InChI is InChI=1S/C30H41N7O2/c1-4-22-18-36(15-16-37(22)28(38)5-2)29-25-11-14-35(27-17-31-12-10-24(27)21-8-9-21)19-26(25)32-30(33-29)39-20-23-7-6-13-34(23)3/h5,10,12,17,21-23H,2,4,6-9,11,13-16,18-20H2,1,3H3/t22-,23-/m0/s1. The summed E-state index contributed by atoms with van der Waals surface area (Å²) in [6.07, 6.45) is 12.0. The van der Waals surface area contributed by atoms with Gasteiger partial charge in [0.05, 0.1) is 24.1 Å². The highest BCUT2D eigenvalue weighted by Gasteiger charge is 2.34. The van der Waals surface area contributed by atoms with Gasteiger partial charge in [-0.3, -0.25) is 9.78 Å². The Morgan fingerprint density at radius 2 is 2.00 bits per heavy atom. The van der Waals surface area contributed by atoms with E-state index in [-0.39, 0.29) is 11.9 Å². The number of aromatic nitrogens is 3. The Balaban J connectivity index is 1.30. The number of hydrogen-bond donors (Lipinski definition) is 0. The van der Waals surface area contributed by atoms with Crippen LogP contribution in [-0.4, -0.2) is 89.1 Å². The quantitative estimate of drug-likeness (QED) is 0.480. The normalized spacial score (nSPS) is 23.6. The van der Waals surface area contributed by atoms with Crippen LogP contribution in [0.5, 0.6) is 6.01 Å². The van der Waals surface area contributed by atoms with E-state index in [2.05, 4.69) is 46.3 Å². The van der Waals surface area contributed by atoms with E-state index in [0.717, 1.165) is 63.5 Å².